The van der Waals surface area contributed by atoms with E-state index in [1.165, 1.54) is 27.9 Å². The molecule has 0 spiro atoms. The molecule has 0 aromatic heterocycles. The Bertz CT molecular complexity index is 1800. The van der Waals surface area contributed by atoms with E-state index in [1.54, 1.807) is 20.4 Å². The minimum atomic E-state index is -4.14. The average Bonchev–Trinajstić information content (AvgIpc) is 3.01. The Morgan fingerprint density at radius 1 is 1.02 bits per heavy atom. The molecule has 1 aliphatic heterocycles. The van der Waals surface area contributed by atoms with Gasteiger partial charge in [0.05, 0.1) is 30.9 Å². The Labute approximate surface area is 245 Å². The summed E-state index contributed by atoms with van der Waals surface area (Å²) in [5.74, 6) is 0.327. The van der Waals surface area contributed by atoms with Crippen LogP contribution in [0.1, 0.15) is 41.5 Å². The number of esters is 1. The van der Waals surface area contributed by atoms with Crippen molar-refractivity contribution in [1.29, 1.82) is 0 Å². The number of nitrogens with one attached hydrogen (secondary N) is 1. The molecule has 6 rings (SSSR count). The lowest BCUT2D eigenvalue weighted by molar-refractivity contribution is -0.138. The molecule has 0 saturated heterocycles. The van der Waals surface area contributed by atoms with Crippen molar-refractivity contribution in [3.05, 3.63) is 101 Å². The van der Waals surface area contributed by atoms with Crippen LogP contribution >= 0.6 is 0 Å². The van der Waals surface area contributed by atoms with Crippen molar-refractivity contribution in [3.8, 4) is 5.75 Å². The van der Waals surface area contributed by atoms with E-state index in [-0.39, 0.29) is 11.9 Å². The van der Waals surface area contributed by atoms with Gasteiger partial charge in [0, 0.05) is 18.7 Å². The average molecular weight is 587 g/mol. The highest BCUT2D eigenvalue weighted by molar-refractivity contribution is 7.86. The first-order chi connectivity index (χ1) is 20.2. The lowest BCUT2D eigenvalue weighted by Gasteiger charge is -2.32. The van der Waals surface area contributed by atoms with Crippen LogP contribution < -0.4 is 10.1 Å². The molecular formula is C33H34N2O6S. The summed E-state index contributed by atoms with van der Waals surface area (Å²) < 4.78 is 44.1. The SMILES string of the molecule is CCOC(=O)C1=CN=CNC1.COc1ccc(C2CC(S(=O)(=O)O)Cc3ccc4c(cc(C)c5ccccc54)c32)cc1. The van der Waals surface area contributed by atoms with Crippen LogP contribution in [0.4, 0.5) is 0 Å². The first kappa shape index (κ1) is 29.3. The van der Waals surface area contributed by atoms with E-state index >= 15 is 0 Å². The first-order valence-electron chi connectivity index (χ1n) is 13.9. The number of carbonyl (C=O) groups excluding carboxylic acids is 1. The van der Waals surface area contributed by atoms with Gasteiger partial charge in [-0.1, -0.05) is 54.6 Å². The molecule has 0 saturated carbocycles. The molecule has 218 valence electrons. The zero-order chi connectivity index (χ0) is 29.9. The van der Waals surface area contributed by atoms with E-state index in [1.807, 2.05) is 30.3 Å². The summed E-state index contributed by atoms with van der Waals surface area (Å²) in [6.45, 7) is 4.80. The third kappa shape index (κ3) is 6.03. The topological polar surface area (TPSA) is 114 Å². The van der Waals surface area contributed by atoms with Crippen LogP contribution in [0.15, 0.2) is 83.5 Å². The first-order valence-corrected chi connectivity index (χ1v) is 15.4. The summed E-state index contributed by atoms with van der Waals surface area (Å²) in [6.07, 6.45) is 3.73. The van der Waals surface area contributed by atoms with Gasteiger partial charge < -0.3 is 14.8 Å². The second-order valence-corrected chi connectivity index (χ2v) is 12.1. The predicted octanol–water partition coefficient (Wildman–Crippen LogP) is 5.71. The molecule has 2 unspecified atom stereocenters. The fourth-order valence-electron chi connectivity index (χ4n) is 5.82. The third-order valence-electron chi connectivity index (χ3n) is 7.84. The molecule has 0 bridgehead atoms. The Kier molecular flexibility index (Phi) is 8.61. The third-order valence-corrected chi connectivity index (χ3v) is 9.04. The molecule has 8 nitrogen and oxygen atoms in total. The van der Waals surface area contributed by atoms with Gasteiger partial charge in [0.25, 0.3) is 10.1 Å². The minimum Gasteiger partial charge on any atom is -0.497 e. The fourth-order valence-corrected chi connectivity index (χ4v) is 6.65. The Hall–Kier alpha value is -4.21. The quantitative estimate of drug-likeness (QED) is 0.175. The van der Waals surface area contributed by atoms with Crippen LogP contribution in [0.5, 0.6) is 5.75 Å². The number of methoxy groups -OCH3 is 1. The van der Waals surface area contributed by atoms with Crippen molar-refractivity contribution in [1.82, 2.24) is 5.32 Å². The molecule has 4 aromatic carbocycles. The number of hydrogen-bond donors (Lipinski definition) is 2. The van der Waals surface area contributed by atoms with Crippen LogP contribution in [-0.4, -0.2) is 50.8 Å². The van der Waals surface area contributed by atoms with Crippen LogP contribution in [0.3, 0.4) is 0 Å². The molecule has 9 heteroatoms. The maximum atomic E-state index is 12.1. The van der Waals surface area contributed by atoms with E-state index in [0.717, 1.165) is 27.8 Å². The fraction of sp³-hybridized carbons (Fsp3) is 0.273. The number of rotatable bonds is 5. The molecule has 2 N–H and O–H groups in total. The Morgan fingerprint density at radius 2 is 1.74 bits per heavy atom. The van der Waals surface area contributed by atoms with E-state index in [9.17, 15) is 17.8 Å². The summed E-state index contributed by atoms with van der Waals surface area (Å²) in [6, 6.07) is 22.5. The van der Waals surface area contributed by atoms with Crippen LogP contribution in [0.2, 0.25) is 0 Å². The molecule has 0 amide bonds. The van der Waals surface area contributed by atoms with Crippen molar-refractivity contribution >= 4 is 44.0 Å². The van der Waals surface area contributed by atoms with E-state index < -0.39 is 15.4 Å². The van der Waals surface area contributed by atoms with Gasteiger partial charge in [-0.15, -0.1) is 0 Å². The molecule has 4 aromatic rings. The van der Waals surface area contributed by atoms with Crippen molar-refractivity contribution < 1.29 is 27.2 Å². The maximum Gasteiger partial charge on any atom is 0.337 e. The normalized spacial score (nSPS) is 17.9. The molecule has 0 radical (unpaired) electrons. The molecule has 0 fully saturated rings. The Morgan fingerprint density at radius 3 is 2.38 bits per heavy atom. The lowest BCUT2D eigenvalue weighted by atomic mass is 9.75. The highest BCUT2D eigenvalue weighted by atomic mass is 32.2. The number of fused-ring (bicyclic) bond motifs is 5. The number of hydrogen-bond acceptors (Lipinski definition) is 7. The van der Waals surface area contributed by atoms with Crippen LogP contribution in [0, 0.1) is 6.92 Å². The van der Waals surface area contributed by atoms with Gasteiger partial charge in [0.2, 0.25) is 0 Å². The molecular weight excluding hydrogens is 552 g/mol. The van der Waals surface area contributed by atoms with Crippen LogP contribution in [0.25, 0.3) is 21.5 Å². The number of ether oxygens (including phenoxy) is 2. The molecule has 2 aliphatic rings. The van der Waals surface area contributed by atoms with E-state index in [2.05, 4.69) is 53.6 Å². The highest BCUT2D eigenvalue weighted by Crippen LogP contribution is 2.44. The smallest absolute Gasteiger partial charge is 0.337 e. The van der Waals surface area contributed by atoms with Crippen molar-refractivity contribution in [3.63, 3.8) is 0 Å². The number of aliphatic imine (C=N–C) groups is 1. The van der Waals surface area contributed by atoms with Gasteiger partial charge in [-0.2, -0.15) is 8.42 Å². The summed E-state index contributed by atoms with van der Waals surface area (Å²) in [7, 11) is -2.52. The zero-order valence-electron chi connectivity index (χ0n) is 23.8. The van der Waals surface area contributed by atoms with Gasteiger partial charge >= 0.3 is 5.97 Å². The number of carbonyl (C=O) groups is 1. The van der Waals surface area contributed by atoms with Crippen LogP contribution in [-0.2, 0) is 26.1 Å². The van der Waals surface area contributed by atoms with Crippen molar-refractivity contribution in [2.24, 2.45) is 4.99 Å². The second kappa shape index (κ2) is 12.3. The van der Waals surface area contributed by atoms with E-state index in [0.29, 0.717) is 31.6 Å². The number of aryl methyl sites for hydroxylation is 1. The monoisotopic (exact) mass is 586 g/mol. The standard InChI is InChI=1S/C26H24O4S.C7H10N2O2/c1-16-13-25-23(22-6-4-3-5-21(16)22)12-9-18-14-20(31(27,28)29)15-24(26(18)25)17-7-10-19(30-2)11-8-17;1-2-11-7(10)6-3-8-5-9-4-6/h3-13,20,24H,14-15H2,1-2H3,(H,27,28,29);3,5H,2,4H2,1H3,(H,8,9). The van der Waals surface area contributed by atoms with Gasteiger partial charge in [-0.3, -0.25) is 4.55 Å². The van der Waals surface area contributed by atoms with Gasteiger partial charge in [-0.25, -0.2) is 9.79 Å². The minimum absolute atomic E-state index is 0.133. The summed E-state index contributed by atoms with van der Waals surface area (Å²) >= 11 is 0. The number of benzene rings is 4. The number of nitrogens with zero attached hydrogens (tertiary/aromatic N) is 1. The van der Waals surface area contributed by atoms with Gasteiger partial charge in [0.15, 0.2) is 0 Å². The zero-order valence-corrected chi connectivity index (χ0v) is 24.6. The maximum absolute atomic E-state index is 12.1. The van der Waals surface area contributed by atoms with Gasteiger partial charge in [-0.05, 0) is 82.6 Å². The summed E-state index contributed by atoms with van der Waals surface area (Å²) in [5, 5.41) is 6.75. The predicted molar refractivity (Wildman–Crippen MR) is 166 cm³/mol. The van der Waals surface area contributed by atoms with Gasteiger partial charge in [0.1, 0.15) is 5.75 Å². The van der Waals surface area contributed by atoms with Crippen molar-refractivity contribution in [2.75, 3.05) is 20.3 Å². The largest absolute Gasteiger partial charge is 0.497 e. The summed E-state index contributed by atoms with van der Waals surface area (Å²) in [4.78, 5) is 14.8. The van der Waals surface area contributed by atoms with E-state index in [4.69, 9.17) is 9.47 Å². The molecule has 42 heavy (non-hydrogen) atoms. The second-order valence-electron chi connectivity index (χ2n) is 10.4. The molecule has 1 aliphatic carbocycles. The highest BCUT2D eigenvalue weighted by Gasteiger charge is 2.36. The van der Waals surface area contributed by atoms with Crippen molar-refractivity contribution in [2.45, 2.75) is 37.9 Å². The molecule has 1 heterocycles. The Balaban J connectivity index is 0.000000271. The lowest BCUT2D eigenvalue weighted by Crippen LogP contribution is -2.30. The molecule has 2 atom stereocenters. The summed E-state index contributed by atoms with van der Waals surface area (Å²) in [5.41, 5.74) is 4.93.